The Morgan fingerprint density at radius 1 is 1.16 bits per heavy atom. The second kappa shape index (κ2) is 6.41. The van der Waals surface area contributed by atoms with Crippen molar-refractivity contribution in [1.82, 2.24) is 0 Å². The molecule has 0 atom stereocenters. The molecule has 2 rings (SSSR count). The van der Waals surface area contributed by atoms with Crippen LogP contribution in [0.2, 0.25) is 0 Å². The third-order valence-corrected chi connectivity index (χ3v) is 2.99. The lowest BCUT2D eigenvalue weighted by Gasteiger charge is -2.10. The van der Waals surface area contributed by atoms with Crippen molar-refractivity contribution >= 4 is 24.2 Å². The molecule has 0 aliphatic rings. The lowest BCUT2D eigenvalue weighted by molar-refractivity contribution is 0.102. The van der Waals surface area contributed by atoms with E-state index in [4.69, 9.17) is 4.74 Å². The van der Waals surface area contributed by atoms with Crippen LogP contribution < -0.4 is 5.32 Å². The predicted molar refractivity (Wildman–Crippen MR) is 78.8 cm³/mol. The third-order valence-electron chi connectivity index (χ3n) is 2.69. The van der Waals surface area contributed by atoms with Gasteiger partial charge in [-0.05, 0) is 30.3 Å². The fourth-order valence-corrected chi connectivity index (χ4v) is 1.88. The number of thiol groups is 1. The molecule has 0 fully saturated rings. The van der Waals surface area contributed by atoms with Crippen LogP contribution in [0.1, 0.15) is 15.9 Å². The van der Waals surface area contributed by atoms with Crippen molar-refractivity contribution in [2.75, 3.05) is 12.4 Å². The zero-order valence-electron chi connectivity index (χ0n) is 10.6. The van der Waals surface area contributed by atoms with E-state index < -0.39 is 0 Å². The van der Waals surface area contributed by atoms with Gasteiger partial charge in [0.25, 0.3) is 5.91 Å². The Labute approximate surface area is 118 Å². The zero-order valence-corrected chi connectivity index (χ0v) is 11.5. The number of benzene rings is 2. The molecule has 0 unspecified atom stereocenters. The SMILES string of the molecule is COCc1ccccc1NC(=O)c1ccc(S)cc1. The molecule has 2 aromatic carbocycles. The molecule has 1 N–H and O–H groups in total. The first-order valence-corrected chi connectivity index (χ1v) is 6.32. The summed E-state index contributed by atoms with van der Waals surface area (Å²) >= 11 is 4.20. The van der Waals surface area contributed by atoms with E-state index in [1.165, 1.54) is 0 Å². The Kier molecular flexibility index (Phi) is 4.60. The molecule has 0 aromatic heterocycles. The van der Waals surface area contributed by atoms with Gasteiger partial charge in [-0.15, -0.1) is 12.6 Å². The van der Waals surface area contributed by atoms with Gasteiger partial charge >= 0.3 is 0 Å². The number of carbonyl (C=O) groups excluding carboxylic acids is 1. The van der Waals surface area contributed by atoms with Crippen molar-refractivity contribution in [3.05, 3.63) is 59.7 Å². The number of para-hydroxylation sites is 1. The minimum absolute atomic E-state index is 0.142. The molecule has 3 nitrogen and oxygen atoms in total. The molecule has 0 radical (unpaired) electrons. The van der Waals surface area contributed by atoms with E-state index in [1.807, 2.05) is 24.3 Å². The number of ether oxygens (including phenoxy) is 1. The lowest BCUT2D eigenvalue weighted by atomic mass is 10.1. The number of amides is 1. The Balaban J connectivity index is 2.16. The summed E-state index contributed by atoms with van der Waals surface area (Å²) in [6.07, 6.45) is 0. The number of hydrogen-bond donors (Lipinski definition) is 2. The van der Waals surface area contributed by atoms with Crippen LogP contribution in [0.4, 0.5) is 5.69 Å². The Morgan fingerprint density at radius 3 is 2.53 bits per heavy atom. The van der Waals surface area contributed by atoms with E-state index in [-0.39, 0.29) is 5.91 Å². The molecule has 4 heteroatoms. The van der Waals surface area contributed by atoms with Crippen LogP contribution in [0, 0.1) is 0 Å². The summed E-state index contributed by atoms with van der Waals surface area (Å²) in [5, 5.41) is 2.89. The highest BCUT2D eigenvalue weighted by molar-refractivity contribution is 7.80. The highest BCUT2D eigenvalue weighted by Gasteiger charge is 2.08. The van der Waals surface area contributed by atoms with Crippen molar-refractivity contribution in [2.45, 2.75) is 11.5 Å². The fraction of sp³-hybridized carbons (Fsp3) is 0.133. The van der Waals surface area contributed by atoms with Crippen LogP contribution in [-0.4, -0.2) is 13.0 Å². The predicted octanol–water partition coefficient (Wildman–Crippen LogP) is 3.37. The molecule has 98 valence electrons. The van der Waals surface area contributed by atoms with Crippen LogP contribution in [0.15, 0.2) is 53.4 Å². The maximum Gasteiger partial charge on any atom is 0.255 e. The van der Waals surface area contributed by atoms with Gasteiger partial charge in [0.1, 0.15) is 0 Å². The van der Waals surface area contributed by atoms with Gasteiger partial charge in [0.15, 0.2) is 0 Å². The van der Waals surface area contributed by atoms with Crippen molar-refractivity contribution < 1.29 is 9.53 Å². The molecule has 0 spiro atoms. The number of rotatable bonds is 4. The van der Waals surface area contributed by atoms with Crippen molar-refractivity contribution in [3.8, 4) is 0 Å². The van der Waals surface area contributed by atoms with Gasteiger partial charge in [-0.3, -0.25) is 4.79 Å². The maximum atomic E-state index is 12.1. The summed E-state index contributed by atoms with van der Waals surface area (Å²) < 4.78 is 5.11. The van der Waals surface area contributed by atoms with Crippen LogP contribution in [-0.2, 0) is 11.3 Å². The third kappa shape index (κ3) is 3.59. The largest absolute Gasteiger partial charge is 0.380 e. The second-order valence-corrected chi connectivity index (χ2v) is 4.61. The molecular weight excluding hydrogens is 258 g/mol. The number of anilines is 1. The molecule has 0 aliphatic heterocycles. The van der Waals surface area contributed by atoms with Crippen molar-refractivity contribution in [1.29, 1.82) is 0 Å². The van der Waals surface area contributed by atoms with Gasteiger partial charge in [-0.25, -0.2) is 0 Å². The van der Waals surface area contributed by atoms with Crippen LogP contribution in [0.25, 0.3) is 0 Å². The van der Waals surface area contributed by atoms with Gasteiger partial charge in [0.05, 0.1) is 6.61 Å². The zero-order chi connectivity index (χ0) is 13.7. The molecule has 0 aliphatic carbocycles. The standard InChI is InChI=1S/C15H15NO2S/c1-18-10-12-4-2-3-5-14(12)16-15(17)11-6-8-13(19)9-7-11/h2-9,19H,10H2,1H3,(H,16,17). The first-order valence-electron chi connectivity index (χ1n) is 5.88. The molecule has 2 aromatic rings. The monoisotopic (exact) mass is 273 g/mol. The highest BCUT2D eigenvalue weighted by Crippen LogP contribution is 2.17. The van der Waals surface area contributed by atoms with E-state index >= 15 is 0 Å². The number of hydrogen-bond acceptors (Lipinski definition) is 3. The van der Waals surface area contributed by atoms with Crippen molar-refractivity contribution in [3.63, 3.8) is 0 Å². The Bertz CT molecular complexity index is 567. The van der Waals surface area contributed by atoms with E-state index in [2.05, 4.69) is 17.9 Å². The molecular formula is C15H15NO2S. The minimum Gasteiger partial charge on any atom is -0.380 e. The summed E-state index contributed by atoms with van der Waals surface area (Å²) in [6, 6.07) is 14.7. The van der Waals surface area contributed by atoms with Gasteiger partial charge in [0.2, 0.25) is 0 Å². The van der Waals surface area contributed by atoms with Gasteiger partial charge in [-0.2, -0.15) is 0 Å². The quantitative estimate of drug-likeness (QED) is 0.838. The lowest BCUT2D eigenvalue weighted by Crippen LogP contribution is -2.13. The molecule has 19 heavy (non-hydrogen) atoms. The van der Waals surface area contributed by atoms with E-state index in [0.717, 1.165) is 16.1 Å². The normalized spacial score (nSPS) is 10.2. The number of nitrogens with one attached hydrogen (secondary N) is 1. The van der Waals surface area contributed by atoms with E-state index in [0.29, 0.717) is 12.2 Å². The van der Waals surface area contributed by atoms with E-state index in [1.54, 1.807) is 31.4 Å². The smallest absolute Gasteiger partial charge is 0.255 e. The number of carbonyl (C=O) groups is 1. The summed E-state index contributed by atoms with van der Waals surface area (Å²) in [7, 11) is 1.63. The highest BCUT2D eigenvalue weighted by atomic mass is 32.1. The van der Waals surface area contributed by atoms with Gasteiger partial charge in [-0.1, -0.05) is 18.2 Å². The van der Waals surface area contributed by atoms with Crippen LogP contribution >= 0.6 is 12.6 Å². The topological polar surface area (TPSA) is 38.3 Å². The minimum atomic E-state index is -0.142. The fourth-order valence-electron chi connectivity index (χ4n) is 1.73. The van der Waals surface area contributed by atoms with E-state index in [9.17, 15) is 4.79 Å². The molecule has 0 saturated heterocycles. The molecule has 1 amide bonds. The molecule has 0 bridgehead atoms. The van der Waals surface area contributed by atoms with Crippen LogP contribution in [0.5, 0.6) is 0 Å². The molecule has 0 saturated carbocycles. The summed E-state index contributed by atoms with van der Waals surface area (Å²) in [5.41, 5.74) is 2.32. The second-order valence-electron chi connectivity index (χ2n) is 4.09. The Hall–Kier alpha value is -1.78. The summed E-state index contributed by atoms with van der Waals surface area (Å²) in [4.78, 5) is 12.9. The first kappa shape index (κ1) is 13.6. The van der Waals surface area contributed by atoms with Gasteiger partial charge < -0.3 is 10.1 Å². The summed E-state index contributed by atoms with van der Waals surface area (Å²) in [6.45, 7) is 0.464. The summed E-state index contributed by atoms with van der Waals surface area (Å²) in [5.74, 6) is -0.142. The van der Waals surface area contributed by atoms with Gasteiger partial charge in [0, 0.05) is 28.8 Å². The maximum absolute atomic E-state index is 12.1. The van der Waals surface area contributed by atoms with Crippen molar-refractivity contribution in [2.24, 2.45) is 0 Å². The average Bonchev–Trinajstić information content (AvgIpc) is 2.42. The number of methoxy groups -OCH3 is 1. The average molecular weight is 273 g/mol. The first-order chi connectivity index (χ1) is 9.20. The van der Waals surface area contributed by atoms with Crippen LogP contribution in [0.3, 0.4) is 0 Å². The Morgan fingerprint density at radius 2 is 1.84 bits per heavy atom. The molecule has 0 heterocycles.